The van der Waals surface area contributed by atoms with E-state index in [-0.39, 0.29) is 51.4 Å². The van der Waals surface area contributed by atoms with Gasteiger partial charge in [-0.3, -0.25) is 6.08 Å². The molecule has 1 heteroatoms. The smallest absolute Gasteiger partial charge is 0.270 e. The fraction of sp³-hybridized carbons (Fsp3) is 0.429. The van der Waals surface area contributed by atoms with Crippen molar-refractivity contribution in [1.29, 1.82) is 0 Å². The van der Waals surface area contributed by atoms with Gasteiger partial charge in [0.2, 0.25) is 0 Å². The third-order valence-electron chi connectivity index (χ3n) is 1.37. The number of rotatable bonds is 0. The van der Waals surface area contributed by atoms with Crippen molar-refractivity contribution in [2.24, 2.45) is 0 Å². The van der Waals surface area contributed by atoms with E-state index in [4.69, 9.17) is 0 Å². The Balaban J connectivity index is 0.000000490. The quantitative estimate of drug-likeness (QED) is 0.296. The maximum atomic E-state index is 3.19. The van der Waals surface area contributed by atoms with Crippen LogP contribution in [-0.4, -0.2) is 0 Å². The standard InChI is InChI=1S/C7H9.K/c1-6-4-3-5-7(6)2;/h4H,3H2,1-2H3;/q-1;+1. The molecule has 0 N–H and O–H groups in total. The van der Waals surface area contributed by atoms with Crippen molar-refractivity contribution in [3.8, 4) is 0 Å². The Hall–Kier alpha value is 1.12. The summed E-state index contributed by atoms with van der Waals surface area (Å²) in [5.41, 5.74) is 2.71. The summed E-state index contributed by atoms with van der Waals surface area (Å²) in [4.78, 5) is 0. The summed E-state index contributed by atoms with van der Waals surface area (Å²) < 4.78 is 0. The van der Waals surface area contributed by atoms with E-state index in [1.54, 1.807) is 0 Å². The van der Waals surface area contributed by atoms with Crippen molar-refractivity contribution < 1.29 is 51.4 Å². The van der Waals surface area contributed by atoms with Gasteiger partial charge in [-0.2, -0.15) is 6.08 Å². The second kappa shape index (κ2) is 4.02. The van der Waals surface area contributed by atoms with Gasteiger partial charge in [0.05, 0.1) is 0 Å². The second-order valence-corrected chi connectivity index (χ2v) is 1.89. The van der Waals surface area contributed by atoms with Crippen LogP contribution in [0.3, 0.4) is 0 Å². The minimum absolute atomic E-state index is 0. The van der Waals surface area contributed by atoms with Crippen molar-refractivity contribution >= 4 is 0 Å². The number of hydrogen-bond donors (Lipinski definition) is 0. The minimum atomic E-state index is 0. The zero-order valence-electron chi connectivity index (χ0n) is 5.78. The van der Waals surface area contributed by atoms with Crippen LogP contribution in [0.4, 0.5) is 0 Å². The van der Waals surface area contributed by atoms with E-state index in [1.165, 1.54) is 11.1 Å². The Morgan fingerprint density at radius 3 is 2.25 bits per heavy atom. The molecule has 0 saturated heterocycles. The van der Waals surface area contributed by atoms with Crippen LogP contribution in [-0.2, 0) is 0 Å². The van der Waals surface area contributed by atoms with E-state index >= 15 is 0 Å². The van der Waals surface area contributed by atoms with Gasteiger partial charge in [0.15, 0.2) is 0 Å². The third-order valence-corrected chi connectivity index (χ3v) is 1.37. The van der Waals surface area contributed by atoms with Gasteiger partial charge < -0.3 is 0 Å². The van der Waals surface area contributed by atoms with Crippen LogP contribution >= 0.6 is 0 Å². The molecular formula is C7H9K. The third kappa shape index (κ3) is 2.15. The van der Waals surface area contributed by atoms with Gasteiger partial charge >= 0.3 is 51.4 Å². The molecule has 8 heavy (non-hydrogen) atoms. The van der Waals surface area contributed by atoms with Crippen molar-refractivity contribution in [3.05, 3.63) is 23.3 Å². The average Bonchev–Trinajstić information content (AvgIpc) is 1.91. The molecule has 0 amide bonds. The van der Waals surface area contributed by atoms with Crippen LogP contribution in [0.2, 0.25) is 0 Å². The predicted octanol–water partition coefficient (Wildman–Crippen LogP) is -0.910. The normalized spacial score (nSPS) is 16.8. The van der Waals surface area contributed by atoms with Crippen molar-refractivity contribution in [1.82, 2.24) is 0 Å². The van der Waals surface area contributed by atoms with E-state index in [9.17, 15) is 0 Å². The summed E-state index contributed by atoms with van der Waals surface area (Å²) in [5, 5.41) is 0. The Kier molecular flexibility index (Phi) is 4.58. The van der Waals surface area contributed by atoms with Gasteiger partial charge in [0.1, 0.15) is 0 Å². The van der Waals surface area contributed by atoms with Crippen LogP contribution in [0.25, 0.3) is 0 Å². The molecule has 0 bridgehead atoms. The van der Waals surface area contributed by atoms with Crippen LogP contribution in [0.5, 0.6) is 0 Å². The van der Waals surface area contributed by atoms with Crippen LogP contribution in [0.15, 0.2) is 17.2 Å². The maximum absolute atomic E-state index is 3.19. The average molecular weight is 132 g/mol. The van der Waals surface area contributed by atoms with Crippen molar-refractivity contribution in [2.45, 2.75) is 20.3 Å². The molecule has 0 nitrogen and oxygen atoms in total. The molecule has 38 valence electrons. The van der Waals surface area contributed by atoms with Crippen LogP contribution in [0.1, 0.15) is 20.3 Å². The zero-order valence-corrected chi connectivity index (χ0v) is 8.91. The Labute approximate surface area is 93.5 Å². The van der Waals surface area contributed by atoms with Crippen molar-refractivity contribution in [3.63, 3.8) is 0 Å². The molecular weight excluding hydrogens is 123 g/mol. The summed E-state index contributed by atoms with van der Waals surface area (Å²) in [5.74, 6) is 0. The van der Waals surface area contributed by atoms with Gasteiger partial charge in [-0.05, 0) is 0 Å². The molecule has 0 heterocycles. The van der Waals surface area contributed by atoms with Crippen molar-refractivity contribution in [2.75, 3.05) is 0 Å². The van der Waals surface area contributed by atoms with E-state index in [0.29, 0.717) is 0 Å². The molecule has 1 aliphatic rings. The Morgan fingerprint density at radius 2 is 2.12 bits per heavy atom. The number of hydrogen-bond acceptors (Lipinski definition) is 0. The molecule has 0 radical (unpaired) electrons. The minimum Gasteiger partial charge on any atom is -0.270 e. The summed E-state index contributed by atoms with van der Waals surface area (Å²) in [7, 11) is 0. The molecule has 1 rings (SSSR count). The second-order valence-electron chi connectivity index (χ2n) is 1.89. The molecule has 0 spiro atoms. The first-order valence-corrected chi connectivity index (χ1v) is 2.55. The molecule has 0 aliphatic heterocycles. The summed E-state index contributed by atoms with van der Waals surface area (Å²) in [6.45, 7) is 4.22. The predicted molar refractivity (Wildman–Crippen MR) is 30.8 cm³/mol. The Morgan fingerprint density at radius 1 is 1.50 bits per heavy atom. The molecule has 0 atom stereocenters. The maximum Gasteiger partial charge on any atom is 1.00 e. The SMILES string of the molecule is CC1=[C-]CC=C1C.[K+]. The first-order valence-electron chi connectivity index (χ1n) is 2.55. The first kappa shape index (κ1) is 9.12. The first-order chi connectivity index (χ1) is 3.30. The van der Waals surface area contributed by atoms with Gasteiger partial charge in [-0.15, -0.1) is 13.3 Å². The van der Waals surface area contributed by atoms with E-state index in [1.807, 2.05) is 0 Å². The molecule has 0 fully saturated rings. The van der Waals surface area contributed by atoms with Gasteiger partial charge in [0, 0.05) is 0 Å². The molecule has 0 unspecified atom stereocenters. The van der Waals surface area contributed by atoms with E-state index in [0.717, 1.165) is 6.42 Å². The molecule has 0 aromatic rings. The van der Waals surface area contributed by atoms with E-state index < -0.39 is 0 Å². The topological polar surface area (TPSA) is 0 Å². The molecule has 0 aromatic carbocycles. The summed E-state index contributed by atoms with van der Waals surface area (Å²) in [6.07, 6.45) is 6.41. The van der Waals surface area contributed by atoms with Gasteiger partial charge in [0.25, 0.3) is 0 Å². The fourth-order valence-electron chi connectivity index (χ4n) is 0.650. The van der Waals surface area contributed by atoms with Crippen LogP contribution < -0.4 is 51.4 Å². The largest absolute Gasteiger partial charge is 1.00 e. The van der Waals surface area contributed by atoms with Crippen LogP contribution in [0, 0.1) is 6.08 Å². The van der Waals surface area contributed by atoms with E-state index in [2.05, 4.69) is 26.0 Å². The fourth-order valence-corrected chi connectivity index (χ4v) is 0.650. The Bertz CT molecular complexity index is 115. The van der Waals surface area contributed by atoms with Gasteiger partial charge in [-0.25, -0.2) is 11.1 Å². The van der Waals surface area contributed by atoms with Gasteiger partial charge in [-0.1, -0.05) is 6.92 Å². The monoisotopic (exact) mass is 132 g/mol. The summed E-state index contributed by atoms with van der Waals surface area (Å²) >= 11 is 0. The zero-order chi connectivity index (χ0) is 5.28. The molecule has 0 saturated carbocycles. The number of allylic oxidation sites excluding steroid dienone is 4. The molecule has 0 aromatic heterocycles. The summed E-state index contributed by atoms with van der Waals surface area (Å²) in [6, 6.07) is 0. The molecule has 1 aliphatic carbocycles.